The van der Waals surface area contributed by atoms with Crippen LogP contribution >= 0.6 is 23.2 Å². The van der Waals surface area contributed by atoms with Gasteiger partial charge in [0.25, 0.3) is 5.91 Å². The molecule has 2 fully saturated rings. The number of benzene rings is 2. The number of anilines is 1. The molecule has 33 heavy (non-hydrogen) atoms. The van der Waals surface area contributed by atoms with E-state index in [1.807, 2.05) is 6.07 Å². The number of nitrogens with one attached hydrogen (secondary N) is 3. The summed E-state index contributed by atoms with van der Waals surface area (Å²) in [6, 6.07) is 9.02. The standard InChI is InChI=1S/C24H24Cl2FN3O3/c1-33-30-21(31)20-18(14-6-5-7-16(26)19(14)27)24(23(29-20)10-3-2-4-11-23)15-9-8-13(25)12-17(15)28-22(24)32/h5-9,12,18,20,29H,2-4,10-11H2,1H3,(H,28,32)(H,30,31)/t18-,20+,24+/m0/s1. The first-order valence-electron chi connectivity index (χ1n) is 11.0. The summed E-state index contributed by atoms with van der Waals surface area (Å²) in [5.74, 6) is -2.25. The van der Waals surface area contributed by atoms with Gasteiger partial charge in [0.1, 0.15) is 11.2 Å². The van der Waals surface area contributed by atoms with Crippen molar-refractivity contribution in [2.75, 3.05) is 12.4 Å². The highest BCUT2D eigenvalue weighted by Crippen LogP contribution is 2.62. The van der Waals surface area contributed by atoms with Crippen LogP contribution in [-0.2, 0) is 19.8 Å². The van der Waals surface area contributed by atoms with Crippen molar-refractivity contribution >= 4 is 40.7 Å². The molecule has 2 aromatic rings. The maximum atomic E-state index is 15.6. The third-order valence-electron chi connectivity index (χ3n) is 7.51. The predicted octanol–water partition coefficient (Wildman–Crippen LogP) is 4.46. The van der Waals surface area contributed by atoms with Crippen molar-refractivity contribution < 1.29 is 18.8 Å². The van der Waals surface area contributed by atoms with Gasteiger partial charge in [-0.1, -0.05) is 60.7 Å². The van der Waals surface area contributed by atoms with Crippen LogP contribution in [0, 0.1) is 5.82 Å². The molecule has 0 unspecified atom stereocenters. The third kappa shape index (κ3) is 3.13. The minimum Gasteiger partial charge on any atom is -0.325 e. The molecule has 174 valence electrons. The number of hydrogen-bond donors (Lipinski definition) is 3. The molecule has 2 aromatic carbocycles. The lowest BCUT2D eigenvalue weighted by molar-refractivity contribution is -0.133. The summed E-state index contributed by atoms with van der Waals surface area (Å²) in [4.78, 5) is 32.2. The number of amides is 2. The van der Waals surface area contributed by atoms with Crippen molar-refractivity contribution in [3.63, 3.8) is 0 Å². The van der Waals surface area contributed by atoms with E-state index in [1.54, 1.807) is 24.3 Å². The molecular weight excluding hydrogens is 468 g/mol. The Morgan fingerprint density at radius 2 is 1.94 bits per heavy atom. The molecule has 2 spiro atoms. The Bertz CT molecular complexity index is 1140. The molecule has 3 N–H and O–H groups in total. The lowest BCUT2D eigenvalue weighted by Crippen LogP contribution is -2.60. The van der Waals surface area contributed by atoms with Crippen molar-refractivity contribution in [1.29, 1.82) is 0 Å². The van der Waals surface area contributed by atoms with E-state index in [0.717, 1.165) is 19.3 Å². The summed E-state index contributed by atoms with van der Waals surface area (Å²) in [6.45, 7) is 0. The molecule has 3 aliphatic rings. The molecule has 0 bridgehead atoms. The Hall–Kier alpha value is -2.19. The minimum atomic E-state index is -1.24. The molecule has 5 rings (SSSR count). The highest BCUT2D eigenvalue weighted by atomic mass is 35.5. The third-order valence-corrected chi connectivity index (χ3v) is 8.04. The number of carbonyl (C=O) groups excluding carboxylic acids is 2. The first kappa shape index (κ1) is 22.6. The Morgan fingerprint density at radius 3 is 2.67 bits per heavy atom. The van der Waals surface area contributed by atoms with Gasteiger partial charge >= 0.3 is 0 Å². The van der Waals surface area contributed by atoms with Crippen molar-refractivity contribution in [2.45, 2.75) is 55.0 Å². The highest BCUT2D eigenvalue weighted by molar-refractivity contribution is 6.31. The molecule has 9 heteroatoms. The monoisotopic (exact) mass is 491 g/mol. The summed E-state index contributed by atoms with van der Waals surface area (Å²) in [6.07, 6.45) is 4.12. The Kier molecular flexibility index (Phi) is 5.64. The number of halogens is 3. The molecule has 2 aliphatic heterocycles. The van der Waals surface area contributed by atoms with Crippen molar-refractivity contribution in [2.24, 2.45) is 0 Å². The second-order valence-corrected chi connectivity index (χ2v) is 9.85. The van der Waals surface area contributed by atoms with Crippen molar-refractivity contribution in [3.8, 4) is 0 Å². The zero-order valence-electron chi connectivity index (χ0n) is 18.0. The summed E-state index contributed by atoms with van der Waals surface area (Å²) < 4.78 is 15.6. The highest BCUT2D eigenvalue weighted by Gasteiger charge is 2.72. The van der Waals surface area contributed by atoms with E-state index >= 15 is 4.39 Å². The maximum Gasteiger partial charge on any atom is 0.261 e. The molecule has 0 aromatic heterocycles. The van der Waals surface area contributed by atoms with Crippen LogP contribution < -0.4 is 16.1 Å². The van der Waals surface area contributed by atoms with Gasteiger partial charge in [-0.15, -0.1) is 0 Å². The lowest BCUT2D eigenvalue weighted by Gasteiger charge is -2.47. The fourth-order valence-electron chi connectivity index (χ4n) is 6.38. The lowest BCUT2D eigenvalue weighted by atomic mass is 9.55. The van der Waals surface area contributed by atoms with Gasteiger partial charge in [-0.2, -0.15) is 0 Å². The molecule has 1 saturated carbocycles. The van der Waals surface area contributed by atoms with Crippen molar-refractivity contribution in [1.82, 2.24) is 10.8 Å². The van der Waals surface area contributed by atoms with E-state index in [0.29, 0.717) is 29.1 Å². The van der Waals surface area contributed by atoms with Gasteiger partial charge in [0.15, 0.2) is 0 Å². The van der Waals surface area contributed by atoms with Gasteiger partial charge in [0.05, 0.1) is 18.2 Å². The summed E-state index contributed by atoms with van der Waals surface area (Å²) in [7, 11) is 1.34. The first-order valence-corrected chi connectivity index (χ1v) is 11.8. The average Bonchev–Trinajstić information content (AvgIpc) is 3.24. The predicted molar refractivity (Wildman–Crippen MR) is 124 cm³/mol. The van der Waals surface area contributed by atoms with Crippen LogP contribution in [0.15, 0.2) is 36.4 Å². The summed E-state index contributed by atoms with van der Waals surface area (Å²) >= 11 is 12.4. The Balaban J connectivity index is 1.83. The molecule has 1 saturated heterocycles. The van der Waals surface area contributed by atoms with Gasteiger partial charge < -0.3 is 5.32 Å². The van der Waals surface area contributed by atoms with E-state index in [4.69, 9.17) is 28.0 Å². The molecule has 2 heterocycles. The minimum absolute atomic E-state index is 0.0621. The van der Waals surface area contributed by atoms with Gasteiger partial charge in [0, 0.05) is 22.2 Å². The number of rotatable bonds is 3. The zero-order chi connectivity index (χ0) is 23.4. The van der Waals surface area contributed by atoms with E-state index in [2.05, 4.69) is 16.1 Å². The smallest absolute Gasteiger partial charge is 0.261 e. The van der Waals surface area contributed by atoms with E-state index < -0.39 is 34.6 Å². The van der Waals surface area contributed by atoms with E-state index in [1.165, 1.54) is 13.2 Å². The summed E-state index contributed by atoms with van der Waals surface area (Å²) in [5.41, 5.74) is 1.89. The zero-order valence-corrected chi connectivity index (χ0v) is 19.5. The molecule has 2 amide bonds. The second kappa shape index (κ2) is 8.24. The Labute approximate surface area is 201 Å². The quantitative estimate of drug-likeness (QED) is 0.553. The van der Waals surface area contributed by atoms with Crippen LogP contribution in [-0.4, -0.2) is 30.5 Å². The number of hydroxylamine groups is 1. The van der Waals surface area contributed by atoms with Crippen LogP contribution in [0.2, 0.25) is 10.0 Å². The topological polar surface area (TPSA) is 79.5 Å². The van der Waals surface area contributed by atoms with Crippen molar-refractivity contribution in [3.05, 3.63) is 63.4 Å². The molecule has 6 nitrogen and oxygen atoms in total. The first-order chi connectivity index (χ1) is 15.9. The number of carbonyl (C=O) groups is 2. The van der Waals surface area contributed by atoms with Crippen LogP contribution in [0.4, 0.5) is 10.1 Å². The van der Waals surface area contributed by atoms with Crippen LogP contribution in [0.1, 0.15) is 49.1 Å². The van der Waals surface area contributed by atoms with Gasteiger partial charge in [-0.3, -0.25) is 19.7 Å². The van der Waals surface area contributed by atoms with Crippen LogP contribution in [0.3, 0.4) is 0 Å². The second-order valence-electron chi connectivity index (χ2n) is 9.01. The Morgan fingerprint density at radius 1 is 1.18 bits per heavy atom. The average molecular weight is 492 g/mol. The van der Waals surface area contributed by atoms with Gasteiger partial charge in [-0.25, -0.2) is 9.87 Å². The summed E-state index contributed by atoms with van der Waals surface area (Å²) in [5, 5.41) is 6.91. The molecule has 0 radical (unpaired) electrons. The fourth-order valence-corrected chi connectivity index (χ4v) is 6.74. The molecule has 3 atom stereocenters. The van der Waals surface area contributed by atoms with E-state index in [-0.39, 0.29) is 16.5 Å². The van der Waals surface area contributed by atoms with E-state index in [9.17, 15) is 9.59 Å². The van der Waals surface area contributed by atoms with Gasteiger partial charge in [0.2, 0.25) is 5.91 Å². The number of fused-ring (bicyclic) bond motifs is 3. The largest absolute Gasteiger partial charge is 0.325 e. The fraction of sp³-hybridized carbons (Fsp3) is 0.417. The van der Waals surface area contributed by atoms with Gasteiger partial charge in [-0.05, 0) is 42.2 Å². The molecular formula is C24H24Cl2FN3O3. The molecule has 1 aliphatic carbocycles. The van der Waals surface area contributed by atoms with Crippen LogP contribution in [0.25, 0.3) is 0 Å². The SMILES string of the molecule is CONC(=O)[C@@H]1NC2(CCCCC2)[C@@]2(C(=O)Nc3cc(Cl)ccc32)[C@H]1c1cccc(Cl)c1F. The van der Waals surface area contributed by atoms with Crippen LogP contribution in [0.5, 0.6) is 0 Å². The number of hydrogen-bond acceptors (Lipinski definition) is 4. The maximum absolute atomic E-state index is 15.6. The normalized spacial score (nSPS) is 27.6.